The van der Waals surface area contributed by atoms with Gasteiger partial charge in [-0.05, 0) is 39.0 Å². The Kier molecular flexibility index (Phi) is 7.16. The normalized spacial score (nSPS) is 13.9. The van der Waals surface area contributed by atoms with Gasteiger partial charge in [-0.1, -0.05) is 23.2 Å². The average molecular weight is 480 g/mol. The Morgan fingerprint density at radius 2 is 1.84 bits per heavy atom. The molecule has 3 rings (SSSR count). The van der Waals surface area contributed by atoms with Crippen molar-refractivity contribution in [2.24, 2.45) is 0 Å². The molecule has 10 heteroatoms. The minimum Gasteiger partial charge on any atom is -0.503 e. The lowest BCUT2D eigenvalue weighted by molar-refractivity contribution is -0.151. The molecule has 2 N–H and O–H groups in total. The Labute approximate surface area is 195 Å². The number of amides is 1. The number of aromatic nitrogens is 2. The Morgan fingerprint density at radius 1 is 1.16 bits per heavy atom. The zero-order chi connectivity index (χ0) is 23.6. The summed E-state index contributed by atoms with van der Waals surface area (Å²) in [6.45, 7) is 5.15. The summed E-state index contributed by atoms with van der Waals surface area (Å²) in [7, 11) is 1.36. The second-order valence-corrected chi connectivity index (χ2v) is 8.15. The molecule has 1 amide bonds. The van der Waals surface area contributed by atoms with Crippen molar-refractivity contribution < 1.29 is 24.2 Å². The smallest absolute Gasteiger partial charge is 0.328 e. The van der Waals surface area contributed by atoms with Crippen molar-refractivity contribution in [2.75, 3.05) is 7.11 Å². The molecule has 0 fully saturated rings. The van der Waals surface area contributed by atoms with Gasteiger partial charge in [-0.15, -0.1) is 0 Å². The SMILES string of the molecule is COc1ccnc(C(=O)N[C@@H](C)C(=O)OC(C)C(C)n2ccc3cc(Cl)c(Cl)cc32)c1O. The van der Waals surface area contributed by atoms with Crippen LogP contribution < -0.4 is 10.1 Å². The van der Waals surface area contributed by atoms with Gasteiger partial charge in [0, 0.05) is 29.4 Å². The summed E-state index contributed by atoms with van der Waals surface area (Å²) >= 11 is 12.2. The van der Waals surface area contributed by atoms with E-state index in [0.29, 0.717) is 10.0 Å². The summed E-state index contributed by atoms with van der Waals surface area (Å²) in [5.74, 6) is -1.66. The largest absolute Gasteiger partial charge is 0.503 e. The number of aromatic hydroxyl groups is 1. The zero-order valence-corrected chi connectivity index (χ0v) is 19.4. The van der Waals surface area contributed by atoms with Crippen LogP contribution >= 0.6 is 23.2 Å². The van der Waals surface area contributed by atoms with Gasteiger partial charge < -0.3 is 24.5 Å². The molecule has 8 nitrogen and oxygen atoms in total. The van der Waals surface area contributed by atoms with Crippen LogP contribution in [-0.4, -0.2) is 45.8 Å². The molecule has 0 aliphatic heterocycles. The molecule has 2 heterocycles. The third-order valence-corrected chi connectivity index (χ3v) is 5.93. The molecule has 2 aromatic heterocycles. The monoisotopic (exact) mass is 479 g/mol. The second kappa shape index (κ2) is 9.67. The van der Waals surface area contributed by atoms with Crippen LogP contribution in [0.4, 0.5) is 0 Å². The Balaban J connectivity index is 1.67. The molecule has 3 atom stereocenters. The maximum absolute atomic E-state index is 12.6. The Bertz CT molecular complexity index is 1160. The fraction of sp³-hybridized carbons (Fsp3) is 0.318. The topological polar surface area (TPSA) is 103 Å². The van der Waals surface area contributed by atoms with Gasteiger partial charge in [-0.2, -0.15) is 0 Å². The lowest BCUT2D eigenvalue weighted by Gasteiger charge is -2.24. The summed E-state index contributed by atoms with van der Waals surface area (Å²) in [5.41, 5.74) is 0.607. The standard InChI is InChI=1S/C22H23Cl2N3O5/c1-11(26-21(29)19-20(28)18(31-4)5-7-25-19)22(30)32-13(3)12(2)27-8-6-14-9-15(23)16(24)10-17(14)27/h5-13,28H,1-4H3,(H,26,29)/t11-,12?,13?/m0/s1. The van der Waals surface area contributed by atoms with E-state index in [1.165, 1.54) is 26.3 Å². The summed E-state index contributed by atoms with van der Waals surface area (Å²) in [6, 6.07) is 5.66. The van der Waals surface area contributed by atoms with Gasteiger partial charge in [-0.3, -0.25) is 4.79 Å². The molecule has 0 spiro atoms. The van der Waals surface area contributed by atoms with E-state index in [0.717, 1.165) is 10.9 Å². The quantitative estimate of drug-likeness (QED) is 0.487. The third-order valence-electron chi connectivity index (χ3n) is 5.21. The van der Waals surface area contributed by atoms with Crippen LogP contribution in [0.25, 0.3) is 10.9 Å². The van der Waals surface area contributed by atoms with Crippen molar-refractivity contribution in [3.05, 3.63) is 52.4 Å². The highest BCUT2D eigenvalue weighted by Gasteiger charge is 2.26. The molecule has 32 heavy (non-hydrogen) atoms. The number of carbonyl (C=O) groups excluding carboxylic acids is 2. The maximum atomic E-state index is 12.6. The summed E-state index contributed by atoms with van der Waals surface area (Å²) < 4.78 is 12.5. The van der Waals surface area contributed by atoms with E-state index >= 15 is 0 Å². The number of carbonyl (C=O) groups is 2. The van der Waals surface area contributed by atoms with Crippen LogP contribution in [0.3, 0.4) is 0 Å². The van der Waals surface area contributed by atoms with Gasteiger partial charge >= 0.3 is 5.97 Å². The number of benzene rings is 1. The van der Waals surface area contributed by atoms with Gasteiger partial charge in [0.1, 0.15) is 12.1 Å². The van der Waals surface area contributed by atoms with Crippen LogP contribution in [0.2, 0.25) is 10.0 Å². The van der Waals surface area contributed by atoms with Crippen LogP contribution in [0, 0.1) is 0 Å². The number of rotatable bonds is 7. The van der Waals surface area contributed by atoms with Crippen molar-refractivity contribution in [2.45, 2.75) is 39.0 Å². The minimum absolute atomic E-state index is 0.100. The molecule has 0 bridgehead atoms. The zero-order valence-electron chi connectivity index (χ0n) is 17.9. The first-order chi connectivity index (χ1) is 15.1. The number of pyridine rings is 1. The first kappa shape index (κ1) is 23.7. The average Bonchev–Trinajstić information content (AvgIpc) is 3.15. The van der Waals surface area contributed by atoms with Gasteiger partial charge in [0.15, 0.2) is 17.2 Å². The number of halogens is 2. The first-order valence-electron chi connectivity index (χ1n) is 9.83. The van der Waals surface area contributed by atoms with Gasteiger partial charge in [0.25, 0.3) is 5.91 Å². The van der Waals surface area contributed by atoms with Crippen LogP contribution in [0.1, 0.15) is 37.3 Å². The van der Waals surface area contributed by atoms with Crippen molar-refractivity contribution in [3.8, 4) is 11.5 Å². The van der Waals surface area contributed by atoms with Crippen molar-refractivity contribution in [1.82, 2.24) is 14.9 Å². The number of esters is 1. The summed E-state index contributed by atoms with van der Waals surface area (Å²) in [5, 5.41) is 14.4. The van der Waals surface area contributed by atoms with Crippen LogP contribution in [0.5, 0.6) is 11.5 Å². The highest BCUT2D eigenvalue weighted by Crippen LogP contribution is 2.31. The van der Waals surface area contributed by atoms with E-state index in [2.05, 4.69) is 10.3 Å². The molecule has 1 aromatic carbocycles. The van der Waals surface area contributed by atoms with E-state index in [4.69, 9.17) is 32.7 Å². The molecule has 2 unspecified atom stereocenters. The minimum atomic E-state index is -0.973. The van der Waals surface area contributed by atoms with Gasteiger partial charge in [0.05, 0.1) is 23.2 Å². The fourth-order valence-corrected chi connectivity index (χ4v) is 3.54. The van der Waals surface area contributed by atoms with Crippen LogP contribution in [0.15, 0.2) is 36.7 Å². The fourth-order valence-electron chi connectivity index (χ4n) is 3.21. The maximum Gasteiger partial charge on any atom is 0.328 e. The lowest BCUT2D eigenvalue weighted by Crippen LogP contribution is -2.41. The molecule has 170 valence electrons. The summed E-state index contributed by atoms with van der Waals surface area (Å²) in [4.78, 5) is 28.9. The van der Waals surface area contributed by atoms with E-state index in [1.807, 2.05) is 23.8 Å². The first-order valence-corrected chi connectivity index (χ1v) is 10.6. The lowest BCUT2D eigenvalue weighted by atomic mass is 10.2. The van der Waals surface area contributed by atoms with E-state index in [1.54, 1.807) is 19.1 Å². The van der Waals surface area contributed by atoms with E-state index < -0.39 is 29.8 Å². The highest BCUT2D eigenvalue weighted by molar-refractivity contribution is 6.42. The number of hydrogen-bond donors (Lipinski definition) is 2. The van der Waals surface area contributed by atoms with Crippen molar-refractivity contribution in [3.63, 3.8) is 0 Å². The number of fused-ring (bicyclic) bond motifs is 1. The molecular weight excluding hydrogens is 457 g/mol. The van der Waals surface area contributed by atoms with E-state index in [-0.39, 0.29) is 17.5 Å². The highest BCUT2D eigenvalue weighted by atomic mass is 35.5. The van der Waals surface area contributed by atoms with Gasteiger partial charge in [-0.25, -0.2) is 9.78 Å². The summed E-state index contributed by atoms with van der Waals surface area (Å²) in [6.07, 6.45) is 2.67. The molecule has 3 aromatic rings. The Hall–Kier alpha value is -2.97. The van der Waals surface area contributed by atoms with E-state index in [9.17, 15) is 14.7 Å². The number of ether oxygens (including phenoxy) is 2. The third kappa shape index (κ3) is 4.76. The molecule has 0 saturated heterocycles. The van der Waals surface area contributed by atoms with Crippen molar-refractivity contribution >= 4 is 46.0 Å². The molecule has 0 aliphatic carbocycles. The number of methoxy groups -OCH3 is 1. The number of nitrogens with zero attached hydrogens (tertiary/aromatic N) is 2. The Morgan fingerprint density at radius 3 is 2.53 bits per heavy atom. The number of hydrogen-bond acceptors (Lipinski definition) is 6. The molecule has 0 radical (unpaired) electrons. The van der Waals surface area contributed by atoms with Crippen molar-refractivity contribution in [1.29, 1.82) is 0 Å². The molecule has 0 aliphatic rings. The molecule has 0 saturated carbocycles. The van der Waals surface area contributed by atoms with Crippen LogP contribution in [-0.2, 0) is 9.53 Å². The molecular formula is C22H23Cl2N3O5. The second-order valence-electron chi connectivity index (χ2n) is 7.34. The van der Waals surface area contributed by atoms with Gasteiger partial charge in [0.2, 0.25) is 0 Å². The predicted molar refractivity (Wildman–Crippen MR) is 122 cm³/mol. The number of nitrogens with one attached hydrogen (secondary N) is 1. The predicted octanol–water partition coefficient (Wildman–Crippen LogP) is 4.37.